The number of hydrogen-bond acceptors (Lipinski definition) is 1. The minimum absolute atomic E-state index is 0.847. The second-order valence-electron chi connectivity index (χ2n) is 7.88. The molecule has 1 nitrogen and oxygen atoms in total. The smallest absolute Gasteiger partial charge is 0.183 e. The van der Waals surface area contributed by atoms with Gasteiger partial charge in [-0.15, -0.1) is 0 Å². The quantitative estimate of drug-likeness (QED) is 0.567. The first-order valence-corrected chi connectivity index (χ1v) is 12.3. The Morgan fingerprint density at radius 2 is 1.83 bits per heavy atom. The molecule has 2 aliphatic carbocycles. The van der Waals surface area contributed by atoms with Gasteiger partial charge in [0, 0.05) is 6.61 Å². The molecule has 0 aromatic heterocycles. The lowest BCUT2D eigenvalue weighted by Gasteiger charge is -2.16. The molecule has 0 saturated heterocycles. The lowest BCUT2D eigenvalue weighted by atomic mass is 9.93. The van der Waals surface area contributed by atoms with Gasteiger partial charge in [0.1, 0.15) is 0 Å². The number of benzene rings is 1. The van der Waals surface area contributed by atoms with Crippen LogP contribution < -0.4 is 0 Å². The van der Waals surface area contributed by atoms with Gasteiger partial charge < -0.3 is 4.43 Å². The standard InChI is InChI=1S/C22H28OSi/c1-16(2)22-20-9-7-6-8-18(20)15-21(22)19-11-10-17(14-19)12-13-23-24(3,4)5/h6-10,14-15H,11-13H2,1-5H3. The summed E-state index contributed by atoms with van der Waals surface area (Å²) in [5.74, 6) is 0. The normalized spacial score (nSPS) is 16.7. The maximum Gasteiger partial charge on any atom is 0.183 e. The second kappa shape index (κ2) is 6.70. The molecule has 0 heterocycles. The molecule has 3 rings (SSSR count). The summed E-state index contributed by atoms with van der Waals surface area (Å²) in [6, 6.07) is 8.73. The summed E-state index contributed by atoms with van der Waals surface area (Å²) in [5.41, 5.74) is 9.82. The van der Waals surface area contributed by atoms with Gasteiger partial charge in [-0.2, -0.15) is 0 Å². The number of rotatable bonds is 5. The van der Waals surface area contributed by atoms with Crippen molar-refractivity contribution in [2.75, 3.05) is 6.61 Å². The van der Waals surface area contributed by atoms with Gasteiger partial charge in [-0.3, -0.25) is 0 Å². The average molecular weight is 337 g/mol. The van der Waals surface area contributed by atoms with Crippen LogP contribution in [-0.4, -0.2) is 14.9 Å². The highest BCUT2D eigenvalue weighted by Gasteiger charge is 2.23. The van der Waals surface area contributed by atoms with Crippen LogP contribution in [-0.2, 0) is 4.43 Å². The fourth-order valence-corrected chi connectivity index (χ4v) is 4.15. The largest absolute Gasteiger partial charge is 0.417 e. The SMILES string of the molecule is CC(C)=C1C(C2=CC(CCO[Si](C)(C)C)=CC2)=Cc2ccccc21. The van der Waals surface area contributed by atoms with Crippen LogP contribution in [0.15, 0.2) is 58.7 Å². The Labute approximate surface area is 147 Å². The van der Waals surface area contributed by atoms with E-state index in [4.69, 9.17) is 4.43 Å². The zero-order chi connectivity index (χ0) is 17.3. The Morgan fingerprint density at radius 1 is 1.08 bits per heavy atom. The number of allylic oxidation sites excluding steroid dienone is 6. The minimum Gasteiger partial charge on any atom is -0.417 e. The van der Waals surface area contributed by atoms with Crippen LogP contribution in [0.4, 0.5) is 0 Å². The molecule has 0 fully saturated rings. The van der Waals surface area contributed by atoms with Crippen molar-refractivity contribution in [2.24, 2.45) is 0 Å². The zero-order valence-corrected chi connectivity index (χ0v) is 16.6. The molecule has 0 aliphatic heterocycles. The summed E-state index contributed by atoms with van der Waals surface area (Å²) in [7, 11) is -1.41. The Bertz CT molecular complexity index is 765. The molecule has 0 amide bonds. The molecular weight excluding hydrogens is 308 g/mol. The summed E-state index contributed by atoms with van der Waals surface area (Å²) < 4.78 is 6.01. The van der Waals surface area contributed by atoms with Gasteiger partial charge in [-0.25, -0.2) is 0 Å². The average Bonchev–Trinajstić information content (AvgIpc) is 3.09. The van der Waals surface area contributed by atoms with Crippen molar-refractivity contribution in [1.29, 1.82) is 0 Å². The van der Waals surface area contributed by atoms with Crippen molar-refractivity contribution in [2.45, 2.75) is 46.3 Å². The first-order chi connectivity index (χ1) is 11.3. The van der Waals surface area contributed by atoms with Crippen molar-refractivity contribution in [3.05, 3.63) is 69.8 Å². The Kier molecular flexibility index (Phi) is 4.80. The summed E-state index contributed by atoms with van der Waals surface area (Å²) in [6.45, 7) is 12.0. The summed E-state index contributed by atoms with van der Waals surface area (Å²) in [5, 5.41) is 0. The third-order valence-corrected chi connectivity index (χ3v) is 5.59. The van der Waals surface area contributed by atoms with Crippen molar-refractivity contribution < 1.29 is 4.43 Å². The number of fused-ring (bicyclic) bond motifs is 1. The lowest BCUT2D eigenvalue weighted by Crippen LogP contribution is -2.25. The Hall–Kier alpha value is -1.64. The van der Waals surface area contributed by atoms with Gasteiger partial charge in [-0.1, -0.05) is 42.0 Å². The molecule has 0 unspecified atom stereocenters. The molecule has 2 heteroatoms. The highest BCUT2D eigenvalue weighted by atomic mass is 28.4. The molecule has 0 radical (unpaired) electrons. The van der Waals surface area contributed by atoms with Gasteiger partial charge in [0.2, 0.25) is 0 Å². The van der Waals surface area contributed by atoms with Crippen molar-refractivity contribution in [1.82, 2.24) is 0 Å². The third kappa shape index (κ3) is 3.71. The predicted octanol–water partition coefficient (Wildman–Crippen LogP) is 6.38. The maximum absolute atomic E-state index is 6.01. The number of hydrogen-bond donors (Lipinski definition) is 0. The van der Waals surface area contributed by atoms with Crippen molar-refractivity contribution in [3.8, 4) is 0 Å². The molecule has 0 N–H and O–H groups in total. The van der Waals surface area contributed by atoms with Crippen LogP contribution in [0, 0.1) is 0 Å². The molecule has 0 atom stereocenters. The molecule has 1 aromatic carbocycles. The summed E-state index contributed by atoms with van der Waals surface area (Å²) in [6.07, 6.45) is 9.18. The highest BCUT2D eigenvalue weighted by Crippen LogP contribution is 2.43. The van der Waals surface area contributed by atoms with E-state index in [1.165, 1.54) is 39.0 Å². The molecule has 0 bridgehead atoms. The molecular formula is C22H28OSi. The monoisotopic (exact) mass is 336 g/mol. The predicted molar refractivity (Wildman–Crippen MR) is 107 cm³/mol. The van der Waals surface area contributed by atoms with E-state index in [9.17, 15) is 0 Å². The molecule has 24 heavy (non-hydrogen) atoms. The van der Waals surface area contributed by atoms with Crippen LogP contribution in [0.1, 0.15) is 37.8 Å². The van der Waals surface area contributed by atoms with Crippen LogP contribution in [0.5, 0.6) is 0 Å². The Balaban J connectivity index is 1.77. The van der Waals surface area contributed by atoms with Gasteiger partial charge >= 0.3 is 0 Å². The molecule has 0 spiro atoms. The lowest BCUT2D eigenvalue weighted by molar-refractivity contribution is 0.316. The third-order valence-electron chi connectivity index (χ3n) is 4.51. The van der Waals surface area contributed by atoms with Crippen molar-refractivity contribution in [3.63, 3.8) is 0 Å². The van der Waals surface area contributed by atoms with E-state index in [2.05, 4.69) is 76.0 Å². The van der Waals surface area contributed by atoms with Gasteiger partial charge in [-0.05, 0) is 85.8 Å². The molecule has 1 aromatic rings. The van der Waals surface area contributed by atoms with E-state index >= 15 is 0 Å². The fourth-order valence-electron chi connectivity index (χ4n) is 3.43. The van der Waals surface area contributed by atoms with Crippen molar-refractivity contribution >= 4 is 20.0 Å². The first kappa shape index (κ1) is 17.2. The maximum atomic E-state index is 6.01. The summed E-state index contributed by atoms with van der Waals surface area (Å²) in [4.78, 5) is 0. The minimum atomic E-state index is -1.41. The highest BCUT2D eigenvalue weighted by molar-refractivity contribution is 6.69. The Morgan fingerprint density at radius 3 is 2.54 bits per heavy atom. The van der Waals surface area contributed by atoms with E-state index in [0.717, 1.165) is 19.4 Å². The fraction of sp³-hybridized carbons (Fsp3) is 0.364. The zero-order valence-electron chi connectivity index (χ0n) is 15.6. The van der Waals surface area contributed by atoms with Gasteiger partial charge in [0.15, 0.2) is 8.32 Å². The van der Waals surface area contributed by atoms with Crippen LogP contribution in [0.25, 0.3) is 11.6 Å². The van der Waals surface area contributed by atoms with E-state index in [-0.39, 0.29) is 0 Å². The van der Waals surface area contributed by atoms with Crippen LogP contribution >= 0.6 is 0 Å². The van der Waals surface area contributed by atoms with Crippen LogP contribution in [0.2, 0.25) is 19.6 Å². The topological polar surface area (TPSA) is 9.23 Å². The molecule has 126 valence electrons. The van der Waals surface area contributed by atoms with E-state index in [0.29, 0.717) is 0 Å². The second-order valence-corrected chi connectivity index (χ2v) is 12.4. The van der Waals surface area contributed by atoms with E-state index in [1.54, 1.807) is 0 Å². The van der Waals surface area contributed by atoms with Crippen LogP contribution in [0.3, 0.4) is 0 Å². The first-order valence-electron chi connectivity index (χ1n) is 8.88. The molecule has 2 aliphatic rings. The van der Waals surface area contributed by atoms with E-state index in [1.807, 2.05) is 0 Å². The van der Waals surface area contributed by atoms with Gasteiger partial charge in [0.05, 0.1) is 0 Å². The van der Waals surface area contributed by atoms with Gasteiger partial charge in [0.25, 0.3) is 0 Å². The summed E-state index contributed by atoms with van der Waals surface area (Å²) >= 11 is 0. The molecule has 0 saturated carbocycles. The van der Waals surface area contributed by atoms with E-state index < -0.39 is 8.32 Å².